The van der Waals surface area contributed by atoms with Crippen LogP contribution in [0.25, 0.3) is 22.6 Å². The third kappa shape index (κ3) is 3.02. The molecule has 0 aliphatic heterocycles. The second-order valence-corrected chi connectivity index (χ2v) is 9.44. The summed E-state index contributed by atoms with van der Waals surface area (Å²) in [6.07, 6.45) is 1.95. The van der Waals surface area contributed by atoms with Crippen molar-refractivity contribution in [3.8, 4) is 22.6 Å². The number of aromatic nitrogens is 1. The predicted octanol–water partition coefficient (Wildman–Crippen LogP) is 5.77. The van der Waals surface area contributed by atoms with Crippen LogP contribution in [0.3, 0.4) is 0 Å². The number of aliphatic imine (C=N–C) groups is 1. The van der Waals surface area contributed by atoms with Gasteiger partial charge in [0.15, 0.2) is 5.76 Å². The molecule has 6 rings (SSSR count). The lowest BCUT2D eigenvalue weighted by molar-refractivity contribution is -0.134. The van der Waals surface area contributed by atoms with E-state index in [4.69, 9.17) is 14.4 Å². The van der Waals surface area contributed by atoms with Crippen molar-refractivity contribution in [3.63, 3.8) is 0 Å². The van der Waals surface area contributed by atoms with Gasteiger partial charge in [0, 0.05) is 16.8 Å². The normalized spacial score (nSPS) is 28.3. The number of aliphatic hydroxyl groups is 1. The van der Waals surface area contributed by atoms with Gasteiger partial charge < -0.3 is 9.52 Å². The molecule has 1 N–H and O–H groups in total. The summed E-state index contributed by atoms with van der Waals surface area (Å²) >= 11 is 0. The van der Waals surface area contributed by atoms with Crippen LogP contribution < -0.4 is 0 Å². The monoisotopic (exact) mass is 400 g/mol. The number of oxazole rings is 1. The second-order valence-electron chi connectivity index (χ2n) is 9.44. The first-order valence-corrected chi connectivity index (χ1v) is 10.7. The van der Waals surface area contributed by atoms with Gasteiger partial charge in [0.2, 0.25) is 5.89 Å². The van der Waals surface area contributed by atoms with Crippen LogP contribution in [0.15, 0.2) is 70.1 Å². The first-order chi connectivity index (χ1) is 14.4. The van der Waals surface area contributed by atoms with Crippen molar-refractivity contribution >= 4 is 5.71 Å². The van der Waals surface area contributed by atoms with Gasteiger partial charge in [0.05, 0.1) is 0 Å². The number of benzene rings is 2. The molecule has 3 aliphatic rings. The maximum Gasteiger partial charge on any atom is 0.217 e. The van der Waals surface area contributed by atoms with Crippen LogP contribution in [0.5, 0.6) is 0 Å². The zero-order chi connectivity index (χ0) is 20.9. The molecule has 2 aromatic carbocycles. The molecule has 0 amide bonds. The lowest BCUT2D eigenvalue weighted by Crippen LogP contribution is -2.64. The molecule has 0 radical (unpaired) electrons. The molecule has 1 heterocycles. The SMILES string of the molecule is CC1(C)[C@H]2CC(=NCc3nc(-c4ccccc4)c(-c4ccccc4)o3)[C@](C)(O)[C@@H]1C2. The Bertz CT molecular complexity index is 1020. The van der Waals surface area contributed by atoms with Crippen molar-refractivity contribution in [1.82, 2.24) is 4.98 Å². The molecule has 0 spiro atoms. The van der Waals surface area contributed by atoms with Crippen molar-refractivity contribution in [2.24, 2.45) is 22.2 Å². The Morgan fingerprint density at radius 1 is 1.00 bits per heavy atom. The van der Waals surface area contributed by atoms with E-state index in [-0.39, 0.29) is 11.3 Å². The topological polar surface area (TPSA) is 58.6 Å². The summed E-state index contributed by atoms with van der Waals surface area (Å²) in [5, 5.41) is 11.2. The molecular formula is C26H28N2O2. The van der Waals surface area contributed by atoms with Gasteiger partial charge in [0.1, 0.15) is 17.8 Å². The van der Waals surface area contributed by atoms with E-state index in [0.717, 1.165) is 41.1 Å². The molecule has 0 saturated heterocycles. The highest BCUT2D eigenvalue weighted by Gasteiger charge is 2.61. The van der Waals surface area contributed by atoms with E-state index >= 15 is 0 Å². The molecule has 3 fully saturated rings. The molecular weight excluding hydrogens is 372 g/mol. The van der Waals surface area contributed by atoms with Gasteiger partial charge in [-0.25, -0.2) is 4.98 Å². The van der Waals surface area contributed by atoms with E-state index in [0.29, 0.717) is 18.4 Å². The van der Waals surface area contributed by atoms with Gasteiger partial charge in [0.25, 0.3) is 0 Å². The van der Waals surface area contributed by atoms with Crippen LogP contribution in [0.1, 0.15) is 39.5 Å². The van der Waals surface area contributed by atoms with Crippen LogP contribution in [0, 0.1) is 17.3 Å². The third-order valence-electron chi connectivity index (χ3n) is 7.33. The molecule has 3 saturated carbocycles. The van der Waals surface area contributed by atoms with Crippen molar-refractivity contribution in [2.45, 2.75) is 45.8 Å². The first-order valence-electron chi connectivity index (χ1n) is 10.7. The number of hydrogen-bond acceptors (Lipinski definition) is 4. The molecule has 4 heteroatoms. The fourth-order valence-electron chi connectivity index (χ4n) is 5.35. The lowest BCUT2D eigenvalue weighted by Gasteiger charge is -2.62. The Kier molecular flexibility index (Phi) is 4.44. The predicted molar refractivity (Wildman–Crippen MR) is 119 cm³/mol. The van der Waals surface area contributed by atoms with Crippen molar-refractivity contribution in [2.75, 3.05) is 0 Å². The summed E-state index contributed by atoms with van der Waals surface area (Å²) in [5.74, 6) is 2.21. The lowest BCUT2D eigenvalue weighted by atomic mass is 9.44. The molecule has 3 aliphatic carbocycles. The Balaban J connectivity index is 1.48. The van der Waals surface area contributed by atoms with Gasteiger partial charge >= 0.3 is 0 Å². The van der Waals surface area contributed by atoms with Gasteiger partial charge in [-0.3, -0.25) is 4.99 Å². The standard InChI is InChI=1S/C26H28N2O2/c1-25(2)19-14-20(25)26(3,29)21(15-19)27-16-22-28-23(17-10-6-4-7-11-17)24(30-22)18-12-8-5-9-13-18/h4-13,19-20,29H,14-16H2,1-3H3/t19-,20-,26-/m1/s1. The summed E-state index contributed by atoms with van der Waals surface area (Å²) in [6.45, 7) is 6.80. The molecule has 4 nitrogen and oxygen atoms in total. The Hall–Kier alpha value is -2.72. The molecule has 0 unspecified atom stereocenters. The fraction of sp³-hybridized carbons (Fsp3) is 0.385. The molecule has 2 bridgehead atoms. The maximum absolute atomic E-state index is 11.2. The van der Waals surface area contributed by atoms with Crippen LogP contribution in [0.4, 0.5) is 0 Å². The molecule has 3 aromatic rings. The molecule has 1 aromatic heterocycles. The van der Waals surface area contributed by atoms with Gasteiger partial charge in [-0.05, 0) is 37.0 Å². The fourth-order valence-corrected chi connectivity index (χ4v) is 5.35. The summed E-state index contributed by atoms with van der Waals surface area (Å²) in [5.41, 5.74) is 3.07. The van der Waals surface area contributed by atoms with E-state index in [1.54, 1.807) is 0 Å². The Morgan fingerprint density at radius 3 is 2.23 bits per heavy atom. The van der Waals surface area contributed by atoms with Crippen molar-refractivity contribution in [1.29, 1.82) is 0 Å². The van der Waals surface area contributed by atoms with Gasteiger partial charge in [-0.1, -0.05) is 74.5 Å². The van der Waals surface area contributed by atoms with Crippen LogP contribution in [-0.2, 0) is 6.54 Å². The minimum Gasteiger partial charge on any atom is -0.438 e. The minimum atomic E-state index is -0.852. The second kappa shape index (κ2) is 6.92. The van der Waals surface area contributed by atoms with Crippen LogP contribution >= 0.6 is 0 Å². The highest BCUT2D eigenvalue weighted by atomic mass is 16.4. The van der Waals surface area contributed by atoms with Crippen molar-refractivity contribution < 1.29 is 9.52 Å². The quantitative estimate of drug-likeness (QED) is 0.605. The average molecular weight is 401 g/mol. The minimum absolute atomic E-state index is 0.187. The third-order valence-corrected chi connectivity index (χ3v) is 7.33. The van der Waals surface area contributed by atoms with E-state index < -0.39 is 5.60 Å². The Labute approximate surface area is 177 Å². The number of hydrogen-bond donors (Lipinski definition) is 1. The molecule has 3 atom stereocenters. The largest absolute Gasteiger partial charge is 0.438 e. The van der Waals surface area contributed by atoms with E-state index in [1.165, 1.54) is 0 Å². The molecule has 30 heavy (non-hydrogen) atoms. The van der Waals surface area contributed by atoms with Gasteiger partial charge in [-0.2, -0.15) is 0 Å². The zero-order valence-electron chi connectivity index (χ0n) is 17.8. The van der Waals surface area contributed by atoms with Gasteiger partial charge in [-0.15, -0.1) is 0 Å². The van der Waals surface area contributed by atoms with E-state index in [9.17, 15) is 5.11 Å². The summed E-state index contributed by atoms with van der Waals surface area (Å²) in [7, 11) is 0. The molecule has 154 valence electrons. The van der Waals surface area contributed by atoms with E-state index in [2.05, 4.69) is 13.8 Å². The Morgan fingerprint density at radius 2 is 1.63 bits per heavy atom. The summed E-state index contributed by atoms with van der Waals surface area (Å²) in [6, 6.07) is 20.2. The number of rotatable bonds is 4. The average Bonchev–Trinajstić information content (AvgIpc) is 3.17. The highest BCUT2D eigenvalue weighted by Crippen LogP contribution is 2.61. The first kappa shape index (κ1) is 19.3. The summed E-state index contributed by atoms with van der Waals surface area (Å²) in [4.78, 5) is 9.60. The number of fused-ring (bicyclic) bond motifs is 2. The van der Waals surface area contributed by atoms with Crippen LogP contribution in [0.2, 0.25) is 0 Å². The maximum atomic E-state index is 11.2. The summed E-state index contributed by atoms with van der Waals surface area (Å²) < 4.78 is 6.19. The van der Waals surface area contributed by atoms with E-state index in [1.807, 2.05) is 67.6 Å². The number of nitrogens with zero attached hydrogens (tertiary/aromatic N) is 2. The zero-order valence-corrected chi connectivity index (χ0v) is 17.8. The van der Waals surface area contributed by atoms with Crippen LogP contribution in [-0.4, -0.2) is 21.4 Å². The smallest absolute Gasteiger partial charge is 0.217 e. The highest BCUT2D eigenvalue weighted by molar-refractivity contribution is 5.94. The van der Waals surface area contributed by atoms with Crippen molar-refractivity contribution in [3.05, 3.63) is 66.6 Å².